The van der Waals surface area contributed by atoms with Gasteiger partial charge in [-0.25, -0.2) is 0 Å². The molecule has 1 aromatic carbocycles. The fourth-order valence-electron chi connectivity index (χ4n) is 2.45. The lowest BCUT2D eigenvalue weighted by Crippen LogP contribution is -2.29. The first-order valence-electron chi connectivity index (χ1n) is 6.98. The molecule has 0 saturated heterocycles. The van der Waals surface area contributed by atoms with Gasteiger partial charge in [-0.15, -0.1) is 0 Å². The Morgan fingerprint density at radius 2 is 2.05 bits per heavy atom. The summed E-state index contributed by atoms with van der Waals surface area (Å²) in [5, 5.41) is 3.79. The average molecular weight is 294 g/mol. The van der Waals surface area contributed by atoms with Crippen molar-refractivity contribution in [3.8, 4) is 5.75 Å². The Kier molecular flexibility index (Phi) is 5.07. The Labute approximate surface area is 125 Å². The lowest BCUT2D eigenvalue weighted by molar-refractivity contribution is -0.118. The molecule has 108 valence electrons. The van der Waals surface area contributed by atoms with E-state index in [4.69, 9.17) is 16.3 Å². The summed E-state index contributed by atoms with van der Waals surface area (Å²) >= 11 is 6.09. The van der Waals surface area contributed by atoms with Gasteiger partial charge in [0.25, 0.3) is 0 Å². The van der Waals surface area contributed by atoms with Crippen molar-refractivity contribution in [3.05, 3.63) is 40.4 Å². The zero-order chi connectivity index (χ0) is 14.5. The molecule has 0 fully saturated rings. The molecular formula is C16H20ClNO2. The number of carbonyl (C=O) groups is 1. The number of halogens is 1. The van der Waals surface area contributed by atoms with Gasteiger partial charge in [0.05, 0.1) is 13.2 Å². The molecule has 2 rings (SSSR count). The Balaban J connectivity index is 2.08. The van der Waals surface area contributed by atoms with Crippen LogP contribution in [0, 0.1) is 0 Å². The predicted molar refractivity (Wildman–Crippen MR) is 80.9 cm³/mol. The van der Waals surface area contributed by atoms with E-state index < -0.39 is 0 Å². The molecule has 1 aromatic rings. The van der Waals surface area contributed by atoms with E-state index in [2.05, 4.69) is 12.2 Å². The van der Waals surface area contributed by atoms with Crippen LogP contribution in [-0.4, -0.2) is 13.0 Å². The van der Waals surface area contributed by atoms with Crippen LogP contribution >= 0.6 is 11.6 Å². The molecule has 20 heavy (non-hydrogen) atoms. The molecule has 1 amide bonds. The van der Waals surface area contributed by atoms with Gasteiger partial charge in [-0.1, -0.05) is 30.7 Å². The van der Waals surface area contributed by atoms with E-state index >= 15 is 0 Å². The predicted octanol–water partition coefficient (Wildman–Crippen LogP) is 3.94. The normalized spacial score (nSPS) is 16.1. The van der Waals surface area contributed by atoms with Gasteiger partial charge in [0, 0.05) is 10.6 Å². The Morgan fingerprint density at radius 1 is 1.35 bits per heavy atom. The Hall–Kier alpha value is -1.48. The van der Waals surface area contributed by atoms with E-state index in [9.17, 15) is 4.79 Å². The summed E-state index contributed by atoms with van der Waals surface area (Å²) in [4.78, 5) is 12.2. The molecule has 1 N–H and O–H groups in total. The zero-order valence-corrected chi connectivity index (χ0v) is 12.7. The SMILES string of the molecule is CC[C@@H](NC(=O)C1=C(Cl)CCC1)c1ccc(OC)cc1. The van der Waals surface area contributed by atoms with Gasteiger partial charge >= 0.3 is 0 Å². The number of hydrogen-bond donors (Lipinski definition) is 1. The van der Waals surface area contributed by atoms with Gasteiger partial charge in [0.2, 0.25) is 5.91 Å². The highest BCUT2D eigenvalue weighted by Crippen LogP contribution is 2.30. The third kappa shape index (κ3) is 3.34. The highest BCUT2D eigenvalue weighted by molar-refractivity contribution is 6.32. The molecule has 0 heterocycles. The minimum atomic E-state index is -0.0323. The van der Waals surface area contributed by atoms with Crippen LogP contribution in [-0.2, 0) is 4.79 Å². The summed E-state index contributed by atoms with van der Waals surface area (Å²) in [7, 11) is 1.64. The molecule has 0 saturated carbocycles. The highest BCUT2D eigenvalue weighted by Gasteiger charge is 2.22. The first-order valence-corrected chi connectivity index (χ1v) is 7.35. The molecular weight excluding hydrogens is 274 g/mol. The maximum Gasteiger partial charge on any atom is 0.248 e. The summed E-state index contributed by atoms with van der Waals surface area (Å²) in [6.07, 6.45) is 3.41. The van der Waals surface area contributed by atoms with Gasteiger partial charge in [-0.2, -0.15) is 0 Å². The number of allylic oxidation sites excluding steroid dienone is 1. The summed E-state index contributed by atoms with van der Waals surface area (Å²) in [5.74, 6) is 0.784. The van der Waals surface area contributed by atoms with E-state index in [0.29, 0.717) is 5.03 Å². The molecule has 0 bridgehead atoms. The lowest BCUT2D eigenvalue weighted by Gasteiger charge is -2.18. The van der Waals surface area contributed by atoms with E-state index in [0.717, 1.165) is 42.6 Å². The quantitative estimate of drug-likeness (QED) is 0.893. The van der Waals surface area contributed by atoms with Crippen LogP contribution in [0.2, 0.25) is 0 Å². The molecule has 0 spiro atoms. The number of methoxy groups -OCH3 is 1. The number of rotatable bonds is 5. The van der Waals surface area contributed by atoms with Crippen molar-refractivity contribution < 1.29 is 9.53 Å². The minimum Gasteiger partial charge on any atom is -0.497 e. The Bertz CT molecular complexity index is 508. The summed E-state index contributed by atoms with van der Waals surface area (Å²) < 4.78 is 5.15. The number of carbonyl (C=O) groups excluding carboxylic acids is 1. The van der Waals surface area contributed by atoms with Gasteiger partial charge in [0.1, 0.15) is 5.75 Å². The molecule has 1 aliphatic carbocycles. The lowest BCUT2D eigenvalue weighted by atomic mass is 10.0. The number of ether oxygens (including phenoxy) is 1. The van der Waals surface area contributed by atoms with Crippen LogP contribution in [0.5, 0.6) is 5.75 Å². The van der Waals surface area contributed by atoms with Crippen molar-refractivity contribution in [1.82, 2.24) is 5.32 Å². The van der Waals surface area contributed by atoms with E-state index in [1.54, 1.807) is 7.11 Å². The molecule has 0 aliphatic heterocycles. The van der Waals surface area contributed by atoms with Gasteiger partial charge in [-0.3, -0.25) is 4.79 Å². The zero-order valence-electron chi connectivity index (χ0n) is 11.9. The smallest absolute Gasteiger partial charge is 0.248 e. The number of hydrogen-bond acceptors (Lipinski definition) is 2. The molecule has 0 radical (unpaired) electrons. The van der Waals surface area contributed by atoms with Crippen molar-refractivity contribution >= 4 is 17.5 Å². The van der Waals surface area contributed by atoms with E-state index in [-0.39, 0.29) is 11.9 Å². The molecule has 1 atom stereocenters. The summed E-state index contributed by atoms with van der Waals surface area (Å²) in [5.41, 5.74) is 1.83. The first-order chi connectivity index (χ1) is 9.65. The molecule has 0 aromatic heterocycles. The van der Waals surface area contributed by atoms with Crippen LogP contribution in [0.15, 0.2) is 34.9 Å². The highest BCUT2D eigenvalue weighted by atomic mass is 35.5. The van der Waals surface area contributed by atoms with Crippen LogP contribution in [0.4, 0.5) is 0 Å². The van der Waals surface area contributed by atoms with Gasteiger partial charge in [-0.05, 0) is 43.4 Å². The van der Waals surface area contributed by atoms with Crippen molar-refractivity contribution in [2.75, 3.05) is 7.11 Å². The van der Waals surface area contributed by atoms with Crippen LogP contribution in [0.1, 0.15) is 44.2 Å². The molecule has 3 nitrogen and oxygen atoms in total. The van der Waals surface area contributed by atoms with E-state index in [1.807, 2.05) is 24.3 Å². The summed E-state index contributed by atoms with van der Waals surface area (Å²) in [6.45, 7) is 2.06. The number of nitrogens with one attached hydrogen (secondary N) is 1. The fraction of sp³-hybridized carbons (Fsp3) is 0.438. The van der Waals surface area contributed by atoms with E-state index in [1.165, 1.54) is 0 Å². The molecule has 4 heteroatoms. The molecule has 1 aliphatic rings. The second-order valence-corrected chi connectivity index (χ2v) is 5.40. The topological polar surface area (TPSA) is 38.3 Å². The van der Waals surface area contributed by atoms with Crippen LogP contribution in [0.25, 0.3) is 0 Å². The van der Waals surface area contributed by atoms with Crippen LogP contribution in [0.3, 0.4) is 0 Å². The maximum atomic E-state index is 12.2. The minimum absolute atomic E-state index is 0.00553. The van der Waals surface area contributed by atoms with Gasteiger partial charge < -0.3 is 10.1 Å². The van der Waals surface area contributed by atoms with Crippen molar-refractivity contribution in [2.24, 2.45) is 0 Å². The van der Waals surface area contributed by atoms with Crippen molar-refractivity contribution in [3.63, 3.8) is 0 Å². The monoisotopic (exact) mass is 293 g/mol. The largest absolute Gasteiger partial charge is 0.497 e. The van der Waals surface area contributed by atoms with Crippen molar-refractivity contribution in [1.29, 1.82) is 0 Å². The fourth-order valence-corrected chi connectivity index (χ4v) is 2.76. The second kappa shape index (κ2) is 6.80. The summed E-state index contributed by atoms with van der Waals surface area (Å²) in [6, 6.07) is 7.79. The number of amides is 1. The maximum absolute atomic E-state index is 12.2. The van der Waals surface area contributed by atoms with Crippen molar-refractivity contribution in [2.45, 2.75) is 38.6 Å². The third-order valence-electron chi connectivity index (χ3n) is 3.66. The second-order valence-electron chi connectivity index (χ2n) is 4.94. The van der Waals surface area contributed by atoms with Gasteiger partial charge in [0.15, 0.2) is 0 Å². The van der Waals surface area contributed by atoms with Crippen LogP contribution < -0.4 is 10.1 Å². The molecule has 0 unspecified atom stereocenters. The third-order valence-corrected chi connectivity index (χ3v) is 4.07. The average Bonchev–Trinajstić information content (AvgIpc) is 2.91. The first kappa shape index (κ1) is 14.9. The number of benzene rings is 1. The Morgan fingerprint density at radius 3 is 2.55 bits per heavy atom. The standard InChI is InChI=1S/C16H20ClNO2/c1-3-15(11-7-9-12(20-2)10-8-11)18-16(19)13-5-4-6-14(13)17/h7-10,15H,3-6H2,1-2H3,(H,18,19)/t15-/m1/s1.